The Morgan fingerprint density at radius 2 is 1.91 bits per heavy atom. The standard InChI is InChI=1S/C14H20N4O4/c1-15-13(20)10-5-3-4-6-11(10)17-9-12(19)18-14(21)16-7-8-22-2/h3-6,17H,7-9H2,1-2H3,(H,15,20)(H2,16,18,19,21). The highest BCUT2D eigenvalue weighted by Crippen LogP contribution is 2.14. The van der Waals surface area contributed by atoms with E-state index in [1.165, 1.54) is 14.2 Å². The van der Waals surface area contributed by atoms with Gasteiger partial charge in [-0.2, -0.15) is 0 Å². The van der Waals surface area contributed by atoms with Crippen molar-refractivity contribution >= 4 is 23.5 Å². The first-order chi connectivity index (χ1) is 10.6. The average molecular weight is 308 g/mol. The number of carbonyl (C=O) groups excluding carboxylic acids is 3. The van der Waals surface area contributed by atoms with Crippen molar-refractivity contribution in [1.29, 1.82) is 0 Å². The zero-order chi connectivity index (χ0) is 16.4. The zero-order valence-corrected chi connectivity index (χ0v) is 12.6. The van der Waals surface area contributed by atoms with Crippen LogP contribution in [0.4, 0.5) is 10.5 Å². The average Bonchev–Trinajstić information content (AvgIpc) is 2.52. The number of amides is 4. The number of hydrogen-bond donors (Lipinski definition) is 4. The van der Waals surface area contributed by atoms with E-state index in [4.69, 9.17) is 4.74 Å². The van der Waals surface area contributed by atoms with Crippen LogP contribution in [0.1, 0.15) is 10.4 Å². The highest BCUT2D eigenvalue weighted by atomic mass is 16.5. The molecular weight excluding hydrogens is 288 g/mol. The van der Waals surface area contributed by atoms with Crippen LogP contribution in [-0.4, -0.2) is 51.7 Å². The molecule has 4 N–H and O–H groups in total. The fraction of sp³-hybridized carbons (Fsp3) is 0.357. The van der Waals surface area contributed by atoms with Crippen molar-refractivity contribution in [2.75, 3.05) is 39.2 Å². The Kier molecular flexibility index (Phi) is 7.41. The molecule has 0 aliphatic heterocycles. The molecule has 4 amide bonds. The van der Waals surface area contributed by atoms with Gasteiger partial charge in [0.1, 0.15) is 0 Å². The largest absolute Gasteiger partial charge is 0.383 e. The number of rotatable bonds is 7. The molecule has 0 atom stereocenters. The van der Waals surface area contributed by atoms with Crippen molar-refractivity contribution in [2.45, 2.75) is 0 Å². The van der Waals surface area contributed by atoms with Gasteiger partial charge in [-0.05, 0) is 12.1 Å². The second-order valence-electron chi connectivity index (χ2n) is 4.28. The molecule has 0 saturated heterocycles. The summed E-state index contributed by atoms with van der Waals surface area (Å²) in [5, 5.41) is 9.97. The summed E-state index contributed by atoms with van der Waals surface area (Å²) in [7, 11) is 3.04. The number of anilines is 1. The first-order valence-corrected chi connectivity index (χ1v) is 6.70. The first kappa shape index (κ1) is 17.4. The Bertz CT molecular complexity index is 533. The number of benzene rings is 1. The van der Waals surface area contributed by atoms with Crippen molar-refractivity contribution in [3.05, 3.63) is 29.8 Å². The number of methoxy groups -OCH3 is 1. The molecule has 0 spiro atoms. The van der Waals surface area contributed by atoms with Gasteiger partial charge < -0.3 is 20.7 Å². The number of urea groups is 1. The topological polar surface area (TPSA) is 109 Å². The van der Waals surface area contributed by atoms with Gasteiger partial charge in [0.15, 0.2) is 0 Å². The molecule has 0 fully saturated rings. The van der Waals surface area contributed by atoms with E-state index < -0.39 is 11.9 Å². The lowest BCUT2D eigenvalue weighted by atomic mass is 10.1. The van der Waals surface area contributed by atoms with E-state index in [9.17, 15) is 14.4 Å². The Balaban J connectivity index is 2.47. The fourth-order valence-electron chi connectivity index (χ4n) is 1.63. The first-order valence-electron chi connectivity index (χ1n) is 6.70. The van der Waals surface area contributed by atoms with Crippen LogP contribution in [0.2, 0.25) is 0 Å². The van der Waals surface area contributed by atoms with Crippen LogP contribution in [0.3, 0.4) is 0 Å². The molecule has 0 aromatic heterocycles. The number of ether oxygens (including phenoxy) is 1. The van der Waals surface area contributed by atoms with Crippen molar-refractivity contribution in [3.63, 3.8) is 0 Å². The van der Waals surface area contributed by atoms with Crippen LogP contribution >= 0.6 is 0 Å². The van der Waals surface area contributed by atoms with Gasteiger partial charge in [0, 0.05) is 26.4 Å². The smallest absolute Gasteiger partial charge is 0.321 e. The molecule has 8 heteroatoms. The molecule has 0 radical (unpaired) electrons. The summed E-state index contributed by atoms with van der Waals surface area (Å²) in [6.07, 6.45) is 0. The van der Waals surface area contributed by atoms with Gasteiger partial charge in [-0.3, -0.25) is 14.9 Å². The number of imide groups is 1. The van der Waals surface area contributed by atoms with Crippen molar-refractivity contribution in [2.24, 2.45) is 0 Å². The monoisotopic (exact) mass is 308 g/mol. The van der Waals surface area contributed by atoms with Gasteiger partial charge in [0.2, 0.25) is 5.91 Å². The number of carbonyl (C=O) groups is 3. The molecule has 0 aliphatic carbocycles. The Morgan fingerprint density at radius 1 is 1.18 bits per heavy atom. The highest BCUT2D eigenvalue weighted by Gasteiger charge is 2.11. The maximum atomic E-state index is 11.7. The molecule has 0 aliphatic rings. The summed E-state index contributed by atoms with van der Waals surface area (Å²) in [6, 6.07) is 6.18. The second-order valence-corrected chi connectivity index (χ2v) is 4.28. The molecular formula is C14H20N4O4. The minimum Gasteiger partial charge on any atom is -0.383 e. The third-order valence-corrected chi connectivity index (χ3v) is 2.68. The van der Waals surface area contributed by atoms with E-state index in [-0.39, 0.29) is 12.5 Å². The Morgan fingerprint density at radius 3 is 2.59 bits per heavy atom. The summed E-state index contributed by atoms with van der Waals surface area (Å²) in [5.74, 6) is -0.776. The number of para-hydroxylation sites is 1. The lowest BCUT2D eigenvalue weighted by Crippen LogP contribution is -2.43. The lowest BCUT2D eigenvalue weighted by Gasteiger charge is -2.11. The molecule has 1 rings (SSSR count). The molecule has 1 aromatic carbocycles. The predicted octanol–water partition coefficient (Wildman–Crippen LogP) is -0.0697. The second kappa shape index (κ2) is 9.35. The summed E-state index contributed by atoms with van der Waals surface area (Å²) in [4.78, 5) is 34.7. The predicted molar refractivity (Wildman–Crippen MR) is 81.7 cm³/mol. The molecule has 0 heterocycles. The van der Waals surface area contributed by atoms with Gasteiger partial charge in [-0.25, -0.2) is 4.79 Å². The fourth-order valence-corrected chi connectivity index (χ4v) is 1.63. The van der Waals surface area contributed by atoms with Crippen molar-refractivity contribution in [1.82, 2.24) is 16.0 Å². The van der Waals surface area contributed by atoms with Crippen LogP contribution < -0.4 is 21.3 Å². The molecule has 0 bridgehead atoms. The summed E-state index contributed by atoms with van der Waals surface area (Å²) < 4.78 is 4.77. The lowest BCUT2D eigenvalue weighted by molar-refractivity contribution is -0.118. The minimum atomic E-state index is -0.594. The third kappa shape index (κ3) is 5.80. The number of hydrogen-bond acceptors (Lipinski definition) is 5. The van der Waals surface area contributed by atoms with E-state index in [1.807, 2.05) is 0 Å². The Hall–Kier alpha value is -2.61. The SMILES string of the molecule is CNC(=O)c1ccccc1NCC(=O)NC(=O)NCCOC. The van der Waals surface area contributed by atoms with Crippen molar-refractivity contribution in [3.8, 4) is 0 Å². The van der Waals surface area contributed by atoms with E-state index in [0.717, 1.165) is 0 Å². The molecule has 0 saturated carbocycles. The zero-order valence-electron chi connectivity index (χ0n) is 12.6. The van der Waals surface area contributed by atoms with Crippen LogP contribution in [-0.2, 0) is 9.53 Å². The van der Waals surface area contributed by atoms with Crippen LogP contribution in [0.15, 0.2) is 24.3 Å². The van der Waals surface area contributed by atoms with Crippen LogP contribution in [0.5, 0.6) is 0 Å². The molecule has 22 heavy (non-hydrogen) atoms. The van der Waals surface area contributed by atoms with E-state index in [1.54, 1.807) is 24.3 Å². The molecule has 120 valence electrons. The van der Waals surface area contributed by atoms with Crippen LogP contribution in [0, 0.1) is 0 Å². The van der Waals surface area contributed by atoms with Gasteiger partial charge in [-0.15, -0.1) is 0 Å². The summed E-state index contributed by atoms with van der Waals surface area (Å²) >= 11 is 0. The van der Waals surface area contributed by atoms with Gasteiger partial charge in [0.25, 0.3) is 5.91 Å². The summed E-state index contributed by atoms with van der Waals surface area (Å²) in [5.41, 5.74) is 0.930. The molecule has 8 nitrogen and oxygen atoms in total. The molecule has 1 aromatic rings. The van der Waals surface area contributed by atoms with E-state index in [0.29, 0.717) is 24.4 Å². The van der Waals surface area contributed by atoms with Gasteiger partial charge >= 0.3 is 6.03 Å². The van der Waals surface area contributed by atoms with Gasteiger partial charge in [0.05, 0.1) is 18.7 Å². The maximum absolute atomic E-state index is 11.7. The molecule has 0 unspecified atom stereocenters. The summed E-state index contributed by atoms with van der Waals surface area (Å²) in [6.45, 7) is 0.535. The van der Waals surface area contributed by atoms with E-state index in [2.05, 4.69) is 21.3 Å². The van der Waals surface area contributed by atoms with E-state index >= 15 is 0 Å². The highest BCUT2D eigenvalue weighted by molar-refractivity contribution is 6.00. The van der Waals surface area contributed by atoms with Crippen molar-refractivity contribution < 1.29 is 19.1 Å². The Labute approximate surface area is 128 Å². The van der Waals surface area contributed by atoms with Gasteiger partial charge in [-0.1, -0.05) is 12.1 Å². The quantitative estimate of drug-likeness (QED) is 0.527. The third-order valence-electron chi connectivity index (χ3n) is 2.68. The minimum absolute atomic E-state index is 0.133. The normalized spacial score (nSPS) is 9.73. The maximum Gasteiger partial charge on any atom is 0.321 e. The number of nitrogens with one attached hydrogen (secondary N) is 4. The van der Waals surface area contributed by atoms with Crippen LogP contribution in [0.25, 0.3) is 0 Å².